The molecule has 1 amide bonds. The number of benzene rings is 1. The van der Waals surface area contributed by atoms with Gasteiger partial charge < -0.3 is 14.6 Å². The Kier molecular flexibility index (Phi) is 6.33. The van der Waals surface area contributed by atoms with Gasteiger partial charge in [-0.2, -0.15) is 4.31 Å². The number of esters is 1. The molecule has 0 unspecified atom stereocenters. The second-order valence-corrected chi connectivity index (χ2v) is 8.69. The second-order valence-electron chi connectivity index (χ2n) is 6.75. The van der Waals surface area contributed by atoms with Crippen LogP contribution in [0.2, 0.25) is 0 Å². The van der Waals surface area contributed by atoms with Crippen LogP contribution in [0.4, 0.5) is 5.82 Å². The lowest BCUT2D eigenvalue weighted by molar-refractivity contribution is -0.124. The smallest absolute Gasteiger partial charge is 0.338 e. The standard InChI is InChI=1S/C19H23N3O6S/c1-3-16(18(23)20-17-11-13(2)28-21-17)27-19(24)14-7-6-8-15(12-14)29(25,26)22-9-4-5-10-22/h6-8,11-12,16H,3-5,9-10H2,1-2H3,(H,20,21,23)/t16-/m1/s1. The summed E-state index contributed by atoms with van der Waals surface area (Å²) in [6.45, 7) is 4.32. The number of carbonyl (C=O) groups excluding carboxylic acids is 2. The van der Waals surface area contributed by atoms with Crippen molar-refractivity contribution in [3.63, 3.8) is 0 Å². The monoisotopic (exact) mass is 421 g/mol. The van der Waals surface area contributed by atoms with Crippen molar-refractivity contribution in [2.24, 2.45) is 0 Å². The van der Waals surface area contributed by atoms with Gasteiger partial charge in [-0.15, -0.1) is 0 Å². The number of sulfonamides is 1. The molecule has 10 heteroatoms. The first kappa shape index (κ1) is 21.0. The van der Waals surface area contributed by atoms with Crippen LogP contribution in [0.1, 0.15) is 42.3 Å². The summed E-state index contributed by atoms with van der Waals surface area (Å²) < 4.78 is 37.0. The van der Waals surface area contributed by atoms with Crippen molar-refractivity contribution < 1.29 is 27.3 Å². The minimum absolute atomic E-state index is 0.0319. The van der Waals surface area contributed by atoms with E-state index in [0.29, 0.717) is 18.8 Å². The molecule has 0 bridgehead atoms. The van der Waals surface area contributed by atoms with E-state index >= 15 is 0 Å². The van der Waals surface area contributed by atoms with Gasteiger partial charge in [0.15, 0.2) is 11.9 Å². The zero-order chi connectivity index (χ0) is 21.0. The van der Waals surface area contributed by atoms with Crippen molar-refractivity contribution in [1.29, 1.82) is 0 Å². The number of nitrogens with zero attached hydrogens (tertiary/aromatic N) is 2. The van der Waals surface area contributed by atoms with Crippen LogP contribution in [-0.2, 0) is 19.6 Å². The van der Waals surface area contributed by atoms with E-state index in [0.717, 1.165) is 12.8 Å². The Morgan fingerprint density at radius 3 is 2.62 bits per heavy atom. The SMILES string of the molecule is CC[C@@H](OC(=O)c1cccc(S(=O)(=O)N2CCCC2)c1)C(=O)Nc1cc(C)on1. The zero-order valence-corrected chi connectivity index (χ0v) is 17.1. The topological polar surface area (TPSA) is 119 Å². The number of hydrogen-bond donors (Lipinski definition) is 1. The fourth-order valence-electron chi connectivity index (χ4n) is 3.01. The molecule has 0 spiro atoms. The van der Waals surface area contributed by atoms with Crippen LogP contribution in [0.15, 0.2) is 39.8 Å². The van der Waals surface area contributed by atoms with Crippen LogP contribution >= 0.6 is 0 Å². The molecule has 1 aromatic carbocycles. The van der Waals surface area contributed by atoms with Gasteiger partial charge in [-0.3, -0.25) is 4.79 Å². The minimum Gasteiger partial charge on any atom is -0.449 e. The Morgan fingerprint density at radius 1 is 1.28 bits per heavy atom. The molecule has 1 aliphatic rings. The number of rotatable bonds is 7. The molecule has 3 rings (SSSR count). The van der Waals surface area contributed by atoms with Gasteiger partial charge in [0.25, 0.3) is 5.91 Å². The van der Waals surface area contributed by atoms with Crippen LogP contribution in [0.5, 0.6) is 0 Å². The summed E-state index contributed by atoms with van der Waals surface area (Å²) in [4.78, 5) is 24.9. The number of aryl methyl sites for hydroxylation is 1. The summed E-state index contributed by atoms with van der Waals surface area (Å²) in [6.07, 6.45) is 0.817. The molecule has 1 N–H and O–H groups in total. The van der Waals surface area contributed by atoms with Gasteiger partial charge in [0, 0.05) is 19.2 Å². The molecule has 9 nitrogen and oxygen atoms in total. The van der Waals surface area contributed by atoms with Gasteiger partial charge in [-0.25, -0.2) is 13.2 Å². The summed E-state index contributed by atoms with van der Waals surface area (Å²) in [5, 5.41) is 6.19. The molecule has 156 valence electrons. The number of hydrogen-bond acceptors (Lipinski definition) is 7. The number of carbonyl (C=O) groups is 2. The van der Waals surface area contributed by atoms with Gasteiger partial charge in [0.1, 0.15) is 5.76 Å². The van der Waals surface area contributed by atoms with E-state index in [1.54, 1.807) is 19.9 Å². The van der Waals surface area contributed by atoms with E-state index in [4.69, 9.17) is 9.26 Å². The van der Waals surface area contributed by atoms with E-state index in [2.05, 4.69) is 10.5 Å². The predicted octanol–water partition coefficient (Wildman–Crippen LogP) is 2.34. The number of anilines is 1. The van der Waals surface area contributed by atoms with Crippen LogP contribution in [0.3, 0.4) is 0 Å². The molecule has 1 aliphatic heterocycles. The molecule has 0 radical (unpaired) electrons. The number of aromatic nitrogens is 1. The summed E-state index contributed by atoms with van der Waals surface area (Å²) in [5.74, 6) is -0.570. The van der Waals surface area contributed by atoms with E-state index in [-0.39, 0.29) is 22.7 Å². The Morgan fingerprint density at radius 2 is 2.00 bits per heavy atom. The lowest BCUT2D eigenvalue weighted by Gasteiger charge is -2.17. The predicted molar refractivity (Wildman–Crippen MR) is 104 cm³/mol. The van der Waals surface area contributed by atoms with Crippen molar-refractivity contribution in [2.75, 3.05) is 18.4 Å². The first-order valence-corrected chi connectivity index (χ1v) is 10.8. The normalized spacial score (nSPS) is 15.8. The molecular formula is C19H23N3O6S. The second kappa shape index (κ2) is 8.75. The Labute approximate surface area is 169 Å². The quantitative estimate of drug-likeness (QED) is 0.682. The average molecular weight is 421 g/mol. The fraction of sp³-hybridized carbons (Fsp3) is 0.421. The highest BCUT2D eigenvalue weighted by Crippen LogP contribution is 2.22. The Balaban J connectivity index is 1.71. The number of nitrogens with one attached hydrogen (secondary N) is 1. The molecule has 1 saturated heterocycles. The molecule has 1 fully saturated rings. The molecular weight excluding hydrogens is 398 g/mol. The third kappa shape index (κ3) is 4.83. The summed E-state index contributed by atoms with van der Waals surface area (Å²) in [6, 6.07) is 7.21. The Bertz CT molecular complexity index is 995. The maximum Gasteiger partial charge on any atom is 0.338 e. The molecule has 29 heavy (non-hydrogen) atoms. The summed E-state index contributed by atoms with van der Waals surface area (Å²) in [7, 11) is -3.66. The Hall–Kier alpha value is -2.72. The van der Waals surface area contributed by atoms with Crippen LogP contribution in [0.25, 0.3) is 0 Å². The van der Waals surface area contributed by atoms with Crippen molar-refractivity contribution >= 4 is 27.7 Å². The zero-order valence-electron chi connectivity index (χ0n) is 16.3. The highest BCUT2D eigenvalue weighted by molar-refractivity contribution is 7.89. The van der Waals surface area contributed by atoms with Crippen LogP contribution in [0, 0.1) is 6.92 Å². The summed E-state index contributed by atoms with van der Waals surface area (Å²) >= 11 is 0. The maximum atomic E-state index is 12.7. The van der Waals surface area contributed by atoms with E-state index in [1.165, 1.54) is 28.6 Å². The number of amides is 1. The molecule has 0 saturated carbocycles. The van der Waals surface area contributed by atoms with Crippen LogP contribution < -0.4 is 5.32 Å². The third-order valence-corrected chi connectivity index (χ3v) is 6.46. The molecule has 0 aliphatic carbocycles. The molecule has 2 aromatic rings. The van der Waals surface area contributed by atoms with Gasteiger partial charge >= 0.3 is 5.97 Å². The van der Waals surface area contributed by atoms with E-state index in [1.807, 2.05) is 0 Å². The lowest BCUT2D eigenvalue weighted by atomic mass is 10.2. The number of ether oxygens (including phenoxy) is 1. The third-order valence-electron chi connectivity index (χ3n) is 4.56. The van der Waals surface area contributed by atoms with Gasteiger partial charge in [0.2, 0.25) is 10.0 Å². The van der Waals surface area contributed by atoms with Crippen LogP contribution in [-0.4, -0.2) is 48.9 Å². The highest BCUT2D eigenvalue weighted by atomic mass is 32.2. The van der Waals surface area contributed by atoms with Gasteiger partial charge in [-0.05, 0) is 44.4 Å². The summed E-state index contributed by atoms with van der Waals surface area (Å²) in [5.41, 5.74) is 0.0637. The average Bonchev–Trinajstić information content (AvgIpc) is 3.38. The molecule has 1 atom stereocenters. The molecule has 1 aromatic heterocycles. The first-order chi connectivity index (χ1) is 13.8. The van der Waals surface area contributed by atoms with Gasteiger partial charge in [-0.1, -0.05) is 18.1 Å². The highest BCUT2D eigenvalue weighted by Gasteiger charge is 2.28. The van der Waals surface area contributed by atoms with Gasteiger partial charge in [0.05, 0.1) is 10.5 Å². The minimum atomic E-state index is -3.66. The van der Waals surface area contributed by atoms with E-state index < -0.39 is 28.0 Å². The maximum absolute atomic E-state index is 12.7. The van der Waals surface area contributed by atoms with Crippen molar-refractivity contribution in [3.8, 4) is 0 Å². The molecule has 2 heterocycles. The lowest BCUT2D eigenvalue weighted by Crippen LogP contribution is -2.32. The fourth-order valence-corrected chi connectivity index (χ4v) is 4.58. The van der Waals surface area contributed by atoms with E-state index in [9.17, 15) is 18.0 Å². The first-order valence-electron chi connectivity index (χ1n) is 9.36. The van der Waals surface area contributed by atoms with Crippen molar-refractivity contribution in [1.82, 2.24) is 9.46 Å². The van der Waals surface area contributed by atoms with Crippen molar-refractivity contribution in [3.05, 3.63) is 41.7 Å². The largest absolute Gasteiger partial charge is 0.449 e. The van der Waals surface area contributed by atoms with Crippen molar-refractivity contribution in [2.45, 2.75) is 44.1 Å².